The van der Waals surface area contributed by atoms with E-state index < -0.39 is 48.6 Å². The number of alkyl halides is 1. The van der Waals surface area contributed by atoms with Crippen LogP contribution in [-0.2, 0) is 16.8 Å². The number of nitrogens with zero attached hydrogens (tertiary/aromatic N) is 5. The normalized spacial score (nSPS) is 25.2. The van der Waals surface area contributed by atoms with Crippen LogP contribution >= 0.6 is 27.7 Å². The van der Waals surface area contributed by atoms with Crippen LogP contribution in [-0.4, -0.2) is 68.6 Å². The summed E-state index contributed by atoms with van der Waals surface area (Å²) in [6.45, 7) is 14.0. The van der Waals surface area contributed by atoms with E-state index in [0.717, 1.165) is 16.6 Å². The highest BCUT2D eigenvalue weighted by atomic mass is 79.9. The number of aromatic nitrogens is 3. The fourth-order valence-corrected chi connectivity index (χ4v) is 7.98. The first-order valence-corrected chi connectivity index (χ1v) is 18.6. The number of carbonyl (C=O) groups is 1. The monoisotopic (exact) mass is 657 g/mol. The van der Waals surface area contributed by atoms with E-state index in [4.69, 9.17) is 9.73 Å². The zero-order chi connectivity index (χ0) is 29.7. The lowest BCUT2D eigenvalue weighted by atomic mass is 9.85. The highest BCUT2D eigenvalue weighted by Gasteiger charge is 2.69. The molecule has 1 aliphatic carbocycles. The molecule has 1 aliphatic heterocycles. The van der Waals surface area contributed by atoms with Crippen molar-refractivity contribution in [2.75, 3.05) is 13.3 Å². The van der Waals surface area contributed by atoms with E-state index in [1.165, 1.54) is 17.8 Å². The summed E-state index contributed by atoms with van der Waals surface area (Å²) in [6.07, 6.45) is 0.147. The molecule has 2 aliphatic rings. The minimum absolute atomic E-state index is 0.0983. The van der Waals surface area contributed by atoms with Crippen molar-refractivity contribution in [3.63, 3.8) is 0 Å². The molecular weight excluding hydrogens is 620 g/mol. The molecule has 1 saturated carbocycles. The lowest BCUT2D eigenvalue weighted by Crippen LogP contribution is -2.54. The van der Waals surface area contributed by atoms with Gasteiger partial charge in [-0.25, -0.2) is 23.5 Å². The summed E-state index contributed by atoms with van der Waals surface area (Å²) in [6, 6.07) is 5.23. The maximum atomic E-state index is 15.4. The molecule has 0 bridgehead atoms. The van der Waals surface area contributed by atoms with Crippen molar-refractivity contribution < 1.29 is 23.4 Å². The number of fused-ring (bicyclic) bond motifs is 1. The Morgan fingerprint density at radius 1 is 1.38 bits per heavy atom. The number of thioether (sulfide) groups is 1. The molecule has 1 aromatic heterocycles. The number of halogens is 3. The molecule has 0 spiro atoms. The van der Waals surface area contributed by atoms with Crippen LogP contribution in [0.3, 0.4) is 0 Å². The van der Waals surface area contributed by atoms with Gasteiger partial charge in [0.2, 0.25) is 0 Å². The maximum Gasteiger partial charge on any atom is 0.415 e. The zero-order valence-corrected chi connectivity index (χ0v) is 27.4. The van der Waals surface area contributed by atoms with Crippen molar-refractivity contribution in [3.8, 4) is 0 Å². The van der Waals surface area contributed by atoms with Crippen LogP contribution < -0.4 is 0 Å². The van der Waals surface area contributed by atoms with E-state index in [-0.39, 0.29) is 16.6 Å². The van der Waals surface area contributed by atoms with Gasteiger partial charge in [0.05, 0.1) is 12.2 Å². The van der Waals surface area contributed by atoms with E-state index >= 15 is 8.78 Å². The number of rotatable bonds is 9. The third-order valence-corrected chi connectivity index (χ3v) is 11.0. The van der Waals surface area contributed by atoms with Crippen molar-refractivity contribution >= 4 is 47.0 Å². The number of amides is 1. The number of carboxylic acid groups (broad SMARTS) is 1. The summed E-state index contributed by atoms with van der Waals surface area (Å²) in [7, 11) is -1.46. The van der Waals surface area contributed by atoms with Crippen LogP contribution in [0.15, 0.2) is 33.9 Å². The number of hydrogen-bond donors (Lipinski definition) is 1. The molecule has 4 rings (SSSR count). The molecule has 13 heteroatoms. The van der Waals surface area contributed by atoms with Crippen molar-refractivity contribution in [3.05, 3.63) is 45.9 Å². The van der Waals surface area contributed by atoms with Crippen LogP contribution in [0.5, 0.6) is 0 Å². The van der Waals surface area contributed by atoms with Gasteiger partial charge in [0.15, 0.2) is 5.17 Å². The SMILES string of the molecule is Cc1cn(C[C@]23C[C@H]2[C@@](CF)(c2cc(Br)ccc2F)N=C(N(C(=O)O)C(OCC[Si](C)(C)C)C(C)(C)C)S3)nn1. The summed E-state index contributed by atoms with van der Waals surface area (Å²) in [5.41, 5.74) is -1.41. The van der Waals surface area contributed by atoms with Gasteiger partial charge >= 0.3 is 6.09 Å². The fourth-order valence-electron chi connectivity index (χ4n) is 5.26. The highest BCUT2D eigenvalue weighted by Crippen LogP contribution is 2.67. The van der Waals surface area contributed by atoms with Gasteiger partial charge in [-0.15, -0.1) is 5.10 Å². The minimum Gasteiger partial charge on any atom is -0.465 e. The third kappa shape index (κ3) is 6.31. The smallest absolute Gasteiger partial charge is 0.415 e. The second-order valence-corrected chi connectivity index (χ2v) is 21.0. The number of amidine groups is 1. The predicted octanol–water partition coefficient (Wildman–Crippen LogP) is 6.92. The number of ether oxygens (including phenoxy) is 1. The van der Waals surface area contributed by atoms with Crippen molar-refractivity contribution in [2.45, 2.75) is 82.9 Å². The molecule has 1 fully saturated rings. The Morgan fingerprint density at radius 3 is 2.62 bits per heavy atom. The van der Waals surface area contributed by atoms with Crippen LogP contribution in [0.4, 0.5) is 13.6 Å². The Labute approximate surface area is 248 Å². The first kappa shape index (κ1) is 31.1. The molecule has 220 valence electrons. The Morgan fingerprint density at radius 2 is 2.08 bits per heavy atom. The topological polar surface area (TPSA) is 92.8 Å². The van der Waals surface area contributed by atoms with E-state index in [9.17, 15) is 9.90 Å². The van der Waals surface area contributed by atoms with E-state index in [0.29, 0.717) is 24.0 Å². The molecule has 0 saturated heterocycles. The Kier molecular flexibility index (Phi) is 8.64. The molecule has 4 atom stereocenters. The molecule has 2 heterocycles. The number of aliphatic imine (C=N–C) groups is 1. The summed E-state index contributed by atoms with van der Waals surface area (Å²) < 4.78 is 38.7. The van der Waals surface area contributed by atoms with Crippen molar-refractivity contribution in [1.29, 1.82) is 0 Å². The Balaban J connectivity index is 1.84. The Bertz CT molecular complexity index is 1300. The summed E-state index contributed by atoms with van der Waals surface area (Å²) in [5.74, 6) is -0.975. The van der Waals surface area contributed by atoms with Gasteiger partial charge in [0, 0.05) is 47.0 Å². The second kappa shape index (κ2) is 11.1. The largest absolute Gasteiger partial charge is 0.465 e. The van der Waals surface area contributed by atoms with Crippen molar-refractivity contribution in [2.24, 2.45) is 16.3 Å². The summed E-state index contributed by atoms with van der Waals surface area (Å²) in [5, 5.41) is 18.9. The van der Waals surface area contributed by atoms with Gasteiger partial charge < -0.3 is 9.84 Å². The predicted molar refractivity (Wildman–Crippen MR) is 160 cm³/mol. The van der Waals surface area contributed by atoms with Gasteiger partial charge in [-0.3, -0.25) is 4.68 Å². The van der Waals surface area contributed by atoms with Gasteiger partial charge in [-0.05, 0) is 37.6 Å². The maximum absolute atomic E-state index is 15.4. The lowest BCUT2D eigenvalue weighted by molar-refractivity contribution is -0.0761. The molecule has 8 nitrogen and oxygen atoms in total. The van der Waals surface area contributed by atoms with Crippen LogP contribution in [0.1, 0.15) is 38.4 Å². The molecule has 1 amide bonds. The van der Waals surface area contributed by atoms with Crippen LogP contribution in [0.2, 0.25) is 25.7 Å². The van der Waals surface area contributed by atoms with E-state index in [1.807, 2.05) is 27.7 Å². The standard InChI is InChI=1S/C27H38BrF2N5O3SSi/c1-17-14-34(33-32-17)16-26-13-21(26)27(15-29,19-12-18(28)8-9-20(19)30)31-23(39-26)35(24(36)37)22(25(2,3)4)38-10-11-40(5,6)7/h8-9,12,14,21-22H,10-11,13,15-16H2,1-7H3,(H,36,37)/t21-,22?,26-,27-/m1/s1. The molecular formula is C27H38BrF2N5O3SSi. The second-order valence-electron chi connectivity index (χ2n) is 13.1. The molecule has 1 N–H and O–H groups in total. The quantitative estimate of drug-likeness (QED) is 0.232. The van der Waals surface area contributed by atoms with Gasteiger partial charge in [-0.2, -0.15) is 0 Å². The first-order chi connectivity index (χ1) is 18.5. The van der Waals surface area contributed by atoms with Gasteiger partial charge in [0.1, 0.15) is 24.3 Å². The van der Waals surface area contributed by atoms with Crippen molar-refractivity contribution in [1.82, 2.24) is 19.9 Å². The molecule has 2 aromatic rings. The molecule has 0 radical (unpaired) electrons. The summed E-state index contributed by atoms with van der Waals surface area (Å²) >= 11 is 4.68. The lowest BCUT2D eigenvalue weighted by Gasteiger charge is -2.43. The van der Waals surface area contributed by atoms with Gasteiger partial charge in [0.25, 0.3) is 0 Å². The average molecular weight is 659 g/mol. The van der Waals surface area contributed by atoms with Crippen LogP contribution in [0, 0.1) is 24.1 Å². The Hall–Kier alpha value is -1.83. The first-order valence-electron chi connectivity index (χ1n) is 13.3. The minimum atomic E-state index is -1.61. The highest BCUT2D eigenvalue weighted by molar-refractivity contribution is 9.10. The van der Waals surface area contributed by atoms with Gasteiger partial charge in [-0.1, -0.05) is 73.3 Å². The third-order valence-electron chi connectivity index (χ3n) is 7.39. The van der Waals surface area contributed by atoms with E-state index in [2.05, 4.69) is 45.9 Å². The summed E-state index contributed by atoms with van der Waals surface area (Å²) in [4.78, 5) is 18.9. The zero-order valence-electron chi connectivity index (χ0n) is 24.0. The molecule has 1 aromatic carbocycles. The fraction of sp³-hybridized carbons (Fsp3) is 0.630. The average Bonchev–Trinajstić information content (AvgIpc) is 3.41. The number of aryl methyl sites for hydroxylation is 1. The number of hydrogen-bond acceptors (Lipinski definition) is 6. The number of benzene rings is 1. The van der Waals surface area contributed by atoms with E-state index in [1.54, 1.807) is 23.0 Å². The molecule has 40 heavy (non-hydrogen) atoms. The van der Waals surface area contributed by atoms with Crippen LogP contribution in [0.25, 0.3) is 0 Å². The molecule has 1 unspecified atom stereocenters.